The summed E-state index contributed by atoms with van der Waals surface area (Å²) in [6.45, 7) is 2.61. The molecule has 0 aliphatic rings. The second-order valence-electron chi connectivity index (χ2n) is 3.47. The third kappa shape index (κ3) is 5.34. The van der Waals surface area contributed by atoms with Gasteiger partial charge in [-0.2, -0.15) is 0 Å². The zero-order valence-electron chi connectivity index (χ0n) is 9.33. The van der Waals surface area contributed by atoms with Gasteiger partial charge >= 0.3 is 6.09 Å². The van der Waals surface area contributed by atoms with Gasteiger partial charge < -0.3 is 4.74 Å². The molecule has 0 fully saturated rings. The Balaban J connectivity index is 2.26. The molecule has 4 heteroatoms. The number of halogens is 1. The number of unbranched alkanes of at least 4 members (excludes halogenated alkanes) is 2. The highest BCUT2D eigenvalue weighted by Crippen LogP contribution is 2.11. The van der Waals surface area contributed by atoms with E-state index in [-0.39, 0.29) is 6.09 Å². The summed E-state index contributed by atoms with van der Waals surface area (Å²) >= 11 is 2.22. The van der Waals surface area contributed by atoms with Crippen molar-refractivity contribution in [1.29, 1.82) is 0 Å². The number of anilines is 1. The van der Waals surface area contributed by atoms with E-state index in [2.05, 4.69) is 34.8 Å². The minimum absolute atomic E-state index is 0.377. The Labute approximate surface area is 110 Å². The predicted octanol–water partition coefficient (Wildman–Crippen LogP) is 4.03. The lowest BCUT2D eigenvalue weighted by atomic mass is 10.3. The predicted molar refractivity (Wildman–Crippen MR) is 73.7 cm³/mol. The van der Waals surface area contributed by atoms with E-state index in [1.165, 1.54) is 0 Å². The summed E-state index contributed by atoms with van der Waals surface area (Å²) < 4.78 is 6.16. The maximum atomic E-state index is 11.3. The minimum atomic E-state index is -0.377. The summed E-state index contributed by atoms with van der Waals surface area (Å²) in [6.07, 6.45) is 2.77. The standard InChI is InChI=1S/C12H16INO2/c1-2-3-4-9-16-12(15)14-11-7-5-10(13)6-8-11/h5-8H,2-4,9H2,1H3,(H,14,15). The Morgan fingerprint density at radius 1 is 1.31 bits per heavy atom. The third-order valence-corrected chi connectivity index (χ3v) is 2.79. The maximum absolute atomic E-state index is 11.3. The van der Waals surface area contributed by atoms with Gasteiger partial charge in [0.2, 0.25) is 0 Å². The average molecular weight is 333 g/mol. The highest BCUT2D eigenvalue weighted by atomic mass is 127. The number of carbonyl (C=O) groups is 1. The Kier molecular flexibility index (Phi) is 6.22. The summed E-state index contributed by atoms with van der Waals surface area (Å²) in [5.41, 5.74) is 0.765. The van der Waals surface area contributed by atoms with Crippen LogP contribution in [-0.2, 0) is 4.74 Å². The van der Waals surface area contributed by atoms with Crippen molar-refractivity contribution in [3.63, 3.8) is 0 Å². The number of benzene rings is 1. The molecule has 0 radical (unpaired) electrons. The number of amides is 1. The van der Waals surface area contributed by atoms with E-state index in [0.29, 0.717) is 6.61 Å². The molecule has 0 spiro atoms. The summed E-state index contributed by atoms with van der Waals surface area (Å²) in [6, 6.07) is 7.59. The second-order valence-corrected chi connectivity index (χ2v) is 4.72. The lowest BCUT2D eigenvalue weighted by Crippen LogP contribution is -2.14. The van der Waals surface area contributed by atoms with Crippen molar-refractivity contribution < 1.29 is 9.53 Å². The van der Waals surface area contributed by atoms with E-state index in [9.17, 15) is 4.79 Å². The molecule has 1 aromatic carbocycles. The molecule has 0 unspecified atom stereocenters. The fraction of sp³-hybridized carbons (Fsp3) is 0.417. The maximum Gasteiger partial charge on any atom is 0.411 e. The minimum Gasteiger partial charge on any atom is -0.449 e. The van der Waals surface area contributed by atoms with Gasteiger partial charge in [-0.15, -0.1) is 0 Å². The van der Waals surface area contributed by atoms with E-state index in [1.54, 1.807) is 0 Å². The molecule has 0 saturated heterocycles. The van der Waals surface area contributed by atoms with Gasteiger partial charge in [0.05, 0.1) is 6.61 Å². The topological polar surface area (TPSA) is 38.3 Å². The van der Waals surface area contributed by atoms with Crippen LogP contribution in [0.4, 0.5) is 10.5 Å². The van der Waals surface area contributed by atoms with Gasteiger partial charge in [0.1, 0.15) is 0 Å². The number of hydrogen-bond donors (Lipinski definition) is 1. The monoisotopic (exact) mass is 333 g/mol. The van der Waals surface area contributed by atoms with Crippen molar-refractivity contribution in [3.8, 4) is 0 Å². The fourth-order valence-electron chi connectivity index (χ4n) is 1.20. The van der Waals surface area contributed by atoms with Crippen molar-refractivity contribution in [2.45, 2.75) is 26.2 Å². The average Bonchev–Trinajstić information content (AvgIpc) is 2.28. The van der Waals surface area contributed by atoms with Crippen molar-refractivity contribution >= 4 is 34.4 Å². The molecule has 0 aromatic heterocycles. The van der Waals surface area contributed by atoms with E-state index in [4.69, 9.17) is 4.74 Å². The molecule has 0 bridgehead atoms. The first kappa shape index (κ1) is 13.3. The molecular formula is C12H16INO2. The van der Waals surface area contributed by atoms with Crippen molar-refractivity contribution in [3.05, 3.63) is 27.8 Å². The highest BCUT2D eigenvalue weighted by molar-refractivity contribution is 14.1. The van der Waals surface area contributed by atoms with Crippen LogP contribution >= 0.6 is 22.6 Å². The first-order valence-corrected chi connectivity index (χ1v) is 6.49. The molecule has 0 atom stereocenters. The van der Waals surface area contributed by atoms with Crippen LogP contribution in [0, 0.1) is 3.57 Å². The molecule has 0 aliphatic heterocycles. The van der Waals surface area contributed by atoms with Crippen LogP contribution in [0.1, 0.15) is 26.2 Å². The molecule has 3 nitrogen and oxygen atoms in total. The number of hydrogen-bond acceptors (Lipinski definition) is 2. The van der Waals surface area contributed by atoms with E-state index in [0.717, 1.165) is 28.5 Å². The zero-order valence-corrected chi connectivity index (χ0v) is 11.5. The van der Waals surface area contributed by atoms with Crippen LogP contribution in [0.2, 0.25) is 0 Å². The molecular weight excluding hydrogens is 317 g/mol. The number of carbonyl (C=O) groups excluding carboxylic acids is 1. The Morgan fingerprint density at radius 2 is 2.00 bits per heavy atom. The summed E-state index contributed by atoms with van der Waals surface area (Å²) in [7, 11) is 0. The zero-order chi connectivity index (χ0) is 11.8. The summed E-state index contributed by atoms with van der Waals surface area (Å²) in [5.74, 6) is 0. The van der Waals surface area contributed by atoms with Gasteiger partial charge in [0, 0.05) is 9.26 Å². The van der Waals surface area contributed by atoms with Gasteiger partial charge in [-0.05, 0) is 53.3 Å². The van der Waals surface area contributed by atoms with Crippen LogP contribution in [0.5, 0.6) is 0 Å². The van der Waals surface area contributed by atoms with Gasteiger partial charge in [0.15, 0.2) is 0 Å². The number of rotatable bonds is 5. The van der Waals surface area contributed by atoms with Gasteiger partial charge in [-0.3, -0.25) is 5.32 Å². The Hall–Kier alpha value is -0.780. The quantitative estimate of drug-likeness (QED) is 0.653. The van der Waals surface area contributed by atoms with Crippen LogP contribution in [-0.4, -0.2) is 12.7 Å². The number of ether oxygens (including phenoxy) is 1. The van der Waals surface area contributed by atoms with Gasteiger partial charge in [0.25, 0.3) is 0 Å². The first-order valence-electron chi connectivity index (χ1n) is 5.41. The highest BCUT2D eigenvalue weighted by Gasteiger charge is 2.01. The van der Waals surface area contributed by atoms with Gasteiger partial charge in [-0.25, -0.2) is 4.79 Å². The first-order chi connectivity index (χ1) is 7.72. The van der Waals surface area contributed by atoms with Crippen LogP contribution in [0.25, 0.3) is 0 Å². The van der Waals surface area contributed by atoms with E-state index < -0.39 is 0 Å². The second kappa shape index (κ2) is 7.49. The fourth-order valence-corrected chi connectivity index (χ4v) is 1.56. The van der Waals surface area contributed by atoms with E-state index in [1.807, 2.05) is 24.3 Å². The molecule has 1 amide bonds. The normalized spacial score (nSPS) is 9.88. The SMILES string of the molecule is CCCCCOC(=O)Nc1ccc(I)cc1. The van der Waals surface area contributed by atoms with E-state index >= 15 is 0 Å². The van der Waals surface area contributed by atoms with Crippen LogP contribution in [0.15, 0.2) is 24.3 Å². The molecule has 88 valence electrons. The van der Waals surface area contributed by atoms with Crippen molar-refractivity contribution in [1.82, 2.24) is 0 Å². The summed E-state index contributed by atoms with van der Waals surface area (Å²) in [5, 5.41) is 2.68. The Morgan fingerprint density at radius 3 is 2.62 bits per heavy atom. The molecule has 0 aliphatic carbocycles. The van der Waals surface area contributed by atoms with Crippen LogP contribution in [0.3, 0.4) is 0 Å². The molecule has 0 heterocycles. The molecule has 1 aromatic rings. The lowest BCUT2D eigenvalue weighted by molar-refractivity contribution is 0.159. The molecule has 16 heavy (non-hydrogen) atoms. The molecule has 1 N–H and O–H groups in total. The summed E-state index contributed by atoms with van der Waals surface area (Å²) in [4.78, 5) is 11.3. The van der Waals surface area contributed by atoms with Gasteiger partial charge in [-0.1, -0.05) is 19.8 Å². The largest absolute Gasteiger partial charge is 0.449 e. The van der Waals surface area contributed by atoms with Crippen LogP contribution < -0.4 is 5.32 Å². The van der Waals surface area contributed by atoms with Crippen molar-refractivity contribution in [2.24, 2.45) is 0 Å². The molecule has 1 rings (SSSR count). The lowest BCUT2D eigenvalue weighted by Gasteiger charge is -2.06. The third-order valence-electron chi connectivity index (χ3n) is 2.07. The Bertz CT molecular complexity index is 324. The molecule has 0 saturated carbocycles. The van der Waals surface area contributed by atoms with Crippen molar-refractivity contribution in [2.75, 3.05) is 11.9 Å². The number of nitrogens with one attached hydrogen (secondary N) is 1. The smallest absolute Gasteiger partial charge is 0.411 e.